The molecule has 0 aliphatic carbocycles. The molecular formula is C9H12N2O3. The molecule has 14 heavy (non-hydrogen) atoms. The van der Waals surface area contributed by atoms with Crippen LogP contribution in [0.5, 0.6) is 5.75 Å². The summed E-state index contributed by atoms with van der Waals surface area (Å²) in [6, 6.07) is 1.51. The van der Waals surface area contributed by atoms with Crippen LogP contribution in [-0.2, 0) is 0 Å². The zero-order valence-corrected chi connectivity index (χ0v) is 7.97. The van der Waals surface area contributed by atoms with Gasteiger partial charge in [-0.3, -0.25) is 15.1 Å². The Bertz CT molecular complexity index is 315. The third-order valence-corrected chi connectivity index (χ3v) is 1.71. The van der Waals surface area contributed by atoms with Gasteiger partial charge in [0.1, 0.15) is 6.20 Å². The molecule has 0 aliphatic heterocycles. The number of rotatable bonds is 5. The number of nitro groups is 1. The maximum atomic E-state index is 10.5. The molecule has 1 heterocycles. The van der Waals surface area contributed by atoms with Crippen molar-refractivity contribution in [3.05, 3.63) is 28.6 Å². The van der Waals surface area contributed by atoms with Crippen LogP contribution in [0.4, 0.5) is 5.69 Å². The number of unbranched alkanes of at least 4 members (excludes halogenated alkanes) is 1. The smallest absolute Gasteiger partial charge is 0.329 e. The Hall–Kier alpha value is -1.65. The lowest BCUT2D eigenvalue weighted by atomic mass is 10.3. The van der Waals surface area contributed by atoms with Gasteiger partial charge < -0.3 is 4.74 Å². The molecule has 0 amide bonds. The Morgan fingerprint density at radius 1 is 1.64 bits per heavy atom. The number of hydrogen-bond donors (Lipinski definition) is 0. The van der Waals surface area contributed by atoms with Crippen molar-refractivity contribution < 1.29 is 9.66 Å². The largest absolute Gasteiger partial charge is 0.487 e. The first-order valence-electron chi connectivity index (χ1n) is 4.47. The van der Waals surface area contributed by atoms with E-state index in [1.165, 1.54) is 18.5 Å². The SMILES string of the molecule is CCCCOc1ccncc1[N+](=O)[O-]. The summed E-state index contributed by atoms with van der Waals surface area (Å²) < 4.78 is 5.26. The first kappa shape index (κ1) is 10.4. The number of pyridine rings is 1. The molecule has 5 heteroatoms. The molecule has 0 saturated carbocycles. The van der Waals surface area contributed by atoms with E-state index < -0.39 is 4.92 Å². The van der Waals surface area contributed by atoms with E-state index in [4.69, 9.17) is 4.74 Å². The van der Waals surface area contributed by atoms with Gasteiger partial charge in [0.15, 0.2) is 5.75 Å². The molecule has 0 N–H and O–H groups in total. The highest BCUT2D eigenvalue weighted by Gasteiger charge is 2.13. The van der Waals surface area contributed by atoms with E-state index in [2.05, 4.69) is 4.98 Å². The van der Waals surface area contributed by atoms with Crippen LogP contribution in [0.15, 0.2) is 18.5 Å². The van der Waals surface area contributed by atoms with E-state index in [0.29, 0.717) is 12.4 Å². The molecular weight excluding hydrogens is 184 g/mol. The second-order valence-electron chi connectivity index (χ2n) is 2.80. The van der Waals surface area contributed by atoms with Crippen molar-refractivity contribution in [2.75, 3.05) is 6.61 Å². The Kier molecular flexibility index (Phi) is 3.84. The van der Waals surface area contributed by atoms with Gasteiger partial charge in [0.05, 0.1) is 11.5 Å². The van der Waals surface area contributed by atoms with Gasteiger partial charge in [0, 0.05) is 12.3 Å². The summed E-state index contributed by atoms with van der Waals surface area (Å²) in [7, 11) is 0. The van der Waals surface area contributed by atoms with Gasteiger partial charge in [-0.25, -0.2) is 0 Å². The lowest BCUT2D eigenvalue weighted by Gasteiger charge is -2.04. The third kappa shape index (κ3) is 2.69. The van der Waals surface area contributed by atoms with Gasteiger partial charge in [-0.1, -0.05) is 13.3 Å². The molecule has 0 atom stereocenters. The minimum atomic E-state index is -0.492. The van der Waals surface area contributed by atoms with E-state index in [1.807, 2.05) is 6.92 Å². The molecule has 0 aromatic carbocycles. The minimum Gasteiger partial charge on any atom is -0.487 e. The fourth-order valence-corrected chi connectivity index (χ4v) is 0.959. The summed E-state index contributed by atoms with van der Waals surface area (Å²) in [6.45, 7) is 2.53. The summed E-state index contributed by atoms with van der Waals surface area (Å²) >= 11 is 0. The molecule has 76 valence electrons. The molecule has 1 aromatic rings. The zero-order valence-electron chi connectivity index (χ0n) is 7.97. The molecule has 0 saturated heterocycles. The topological polar surface area (TPSA) is 65.3 Å². The summed E-state index contributed by atoms with van der Waals surface area (Å²) in [5, 5.41) is 10.5. The Morgan fingerprint density at radius 2 is 2.43 bits per heavy atom. The lowest BCUT2D eigenvalue weighted by Crippen LogP contribution is -2.00. The summed E-state index contributed by atoms with van der Waals surface area (Å²) in [4.78, 5) is 13.7. The van der Waals surface area contributed by atoms with Gasteiger partial charge in [-0.15, -0.1) is 0 Å². The molecule has 0 radical (unpaired) electrons. The van der Waals surface area contributed by atoms with Gasteiger partial charge in [-0.2, -0.15) is 0 Å². The summed E-state index contributed by atoms with van der Waals surface area (Å²) in [6.07, 6.45) is 4.56. The van der Waals surface area contributed by atoms with Crippen molar-refractivity contribution in [3.63, 3.8) is 0 Å². The van der Waals surface area contributed by atoms with Crippen LogP contribution in [0.25, 0.3) is 0 Å². The van der Waals surface area contributed by atoms with Gasteiger partial charge in [0.25, 0.3) is 0 Å². The molecule has 1 rings (SSSR count). The lowest BCUT2D eigenvalue weighted by molar-refractivity contribution is -0.386. The monoisotopic (exact) mass is 196 g/mol. The highest BCUT2D eigenvalue weighted by atomic mass is 16.6. The zero-order chi connectivity index (χ0) is 10.4. The van der Waals surface area contributed by atoms with Gasteiger partial charge >= 0.3 is 5.69 Å². The highest BCUT2D eigenvalue weighted by molar-refractivity contribution is 5.42. The highest BCUT2D eigenvalue weighted by Crippen LogP contribution is 2.24. The molecule has 0 spiro atoms. The maximum Gasteiger partial charge on any atom is 0.329 e. The van der Waals surface area contributed by atoms with Gasteiger partial charge in [0.2, 0.25) is 0 Å². The second kappa shape index (κ2) is 5.16. The number of aromatic nitrogens is 1. The van der Waals surface area contributed by atoms with Crippen molar-refractivity contribution in [1.82, 2.24) is 4.98 Å². The normalized spacial score (nSPS) is 9.79. The summed E-state index contributed by atoms with van der Waals surface area (Å²) in [5.41, 5.74) is -0.0800. The minimum absolute atomic E-state index is 0.0800. The maximum absolute atomic E-state index is 10.5. The Labute approximate surface area is 81.9 Å². The van der Waals surface area contributed by atoms with Crippen molar-refractivity contribution in [2.24, 2.45) is 0 Å². The molecule has 0 aliphatic rings. The fourth-order valence-electron chi connectivity index (χ4n) is 0.959. The third-order valence-electron chi connectivity index (χ3n) is 1.71. The van der Waals surface area contributed by atoms with Crippen molar-refractivity contribution in [3.8, 4) is 5.75 Å². The van der Waals surface area contributed by atoms with Crippen LogP contribution in [0.1, 0.15) is 19.8 Å². The van der Waals surface area contributed by atoms with Crippen LogP contribution in [0.2, 0.25) is 0 Å². The first-order chi connectivity index (χ1) is 6.75. The van der Waals surface area contributed by atoms with E-state index in [9.17, 15) is 10.1 Å². The van der Waals surface area contributed by atoms with Crippen LogP contribution >= 0.6 is 0 Å². The van der Waals surface area contributed by atoms with E-state index in [1.54, 1.807) is 0 Å². The van der Waals surface area contributed by atoms with Crippen LogP contribution in [-0.4, -0.2) is 16.5 Å². The number of hydrogen-bond acceptors (Lipinski definition) is 4. The van der Waals surface area contributed by atoms with Crippen molar-refractivity contribution in [2.45, 2.75) is 19.8 Å². The number of nitrogens with zero attached hydrogens (tertiary/aromatic N) is 2. The van der Waals surface area contributed by atoms with Crippen LogP contribution < -0.4 is 4.74 Å². The predicted molar refractivity (Wildman–Crippen MR) is 51.3 cm³/mol. The molecule has 0 bridgehead atoms. The standard InChI is InChI=1S/C9H12N2O3/c1-2-3-6-14-9-4-5-10-7-8(9)11(12)13/h4-5,7H,2-3,6H2,1H3. The van der Waals surface area contributed by atoms with E-state index in [0.717, 1.165) is 12.8 Å². The molecule has 0 unspecified atom stereocenters. The molecule has 0 fully saturated rings. The first-order valence-corrected chi connectivity index (χ1v) is 4.47. The summed E-state index contributed by atoms with van der Waals surface area (Å²) in [5.74, 6) is 0.290. The average molecular weight is 196 g/mol. The van der Waals surface area contributed by atoms with Crippen molar-refractivity contribution in [1.29, 1.82) is 0 Å². The van der Waals surface area contributed by atoms with Crippen LogP contribution in [0.3, 0.4) is 0 Å². The van der Waals surface area contributed by atoms with E-state index in [-0.39, 0.29) is 5.69 Å². The molecule has 5 nitrogen and oxygen atoms in total. The van der Waals surface area contributed by atoms with Crippen LogP contribution in [0, 0.1) is 10.1 Å². The van der Waals surface area contributed by atoms with Gasteiger partial charge in [-0.05, 0) is 6.42 Å². The molecule has 1 aromatic heterocycles. The second-order valence-corrected chi connectivity index (χ2v) is 2.80. The number of ether oxygens (including phenoxy) is 1. The quantitative estimate of drug-likeness (QED) is 0.411. The Balaban J connectivity index is 2.69. The van der Waals surface area contributed by atoms with Crippen molar-refractivity contribution >= 4 is 5.69 Å². The fraction of sp³-hybridized carbons (Fsp3) is 0.444. The van der Waals surface area contributed by atoms with E-state index >= 15 is 0 Å². The Morgan fingerprint density at radius 3 is 3.07 bits per heavy atom. The average Bonchev–Trinajstić information content (AvgIpc) is 2.19. The predicted octanol–water partition coefficient (Wildman–Crippen LogP) is 2.17.